The normalized spacial score (nSPS) is 14.6. The van der Waals surface area contributed by atoms with E-state index in [2.05, 4.69) is 51.4 Å². The molecule has 1 heterocycles. The first-order chi connectivity index (χ1) is 11.4. The highest BCUT2D eigenvalue weighted by Gasteiger charge is 2.25. The van der Waals surface area contributed by atoms with E-state index in [9.17, 15) is 14.4 Å². The minimum absolute atomic E-state index is 0.0380. The van der Waals surface area contributed by atoms with Crippen LogP contribution >= 0.6 is 25.3 Å². The fraction of sp³-hybridized carbons (Fsp3) is 0.538. The molecule has 0 bridgehead atoms. The van der Waals surface area contributed by atoms with Crippen LogP contribution in [-0.4, -0.2) is 62.4 Å². The van der Waals surface area contributed by atoms with Crippen molar-refractivity contribution in [2.75, 3.05) is 11.5 Å². The lowest BCUT2D eigenvalue weighted by Crippen LogP contribution is -2.58. The molecule has 134 valence electrons. The third kappa shape index (κ3) is 6.51. The molecule has 0 fully saturated rings. The number of hydrazine groups is 1. The van der Waals surface area contributed by atoms with Crippen LogP contribution in [0.1, 0.15) is 12.6 Å². The number of carbonyl (C=O) groups is 3. The van der Waals surface area contributed by atoms with Gasteiger partial charge in [0, 0.05) is 29.8 Å². The van der Waals surface area contributed by atoms with Crippen molar-refractivity contribution in [2.45, 2.75) is 31.5 Å². The molecule has 1 rings (SSSR count). The molecule has 1 aromatic heterocycles. The maximum absolute atomic E-state index is 12.1. The van der Waals surface area contributed by atoms with Crippen LogP contribution in [0.5, 0.6) is 0 Å². The van der Waals surface area contributed by atoms with Crippen molar-refractivity contribution in [2.24, 2.45) is 0 Å². The number of aromatic amines is 1. The molecule has 0 spiro atoms. The second-order valence-electron chi connectivity index (χ2n) is 5.05. The number of hydrogen-bond donors (Lipinski definition) is 7. The first-order valence-electron chi connectivity index (χ1n) is 7.12. The number of aromatic nitrogens is 2. The molecule has 0 aromatic carbocycles. The fourth-order valence-electron chi connectivity index (χ4n) is 1.77. The number of nitrogens with zero attached hydrogens (tertiary/aromatic N) is 1. The van der Waals surface area contributed by atoms with E-state index in [1.54, 1.807) is 6.20 Å². The third-order valence-electron chi connectivity index (χ3n) is 3.20. The second-order valence-corrected chi connectivity index (χ2v) is 5.78. The molecule has 0 aliphatic heterocycles. The molecule has 1 amide bonds. The number of rotatable bonds is 11. The number of carbonyl (C=O) groups excluding carboxylic acids is 2. The Bertz CT molecular complexity index is 555. The predicted octanol–water partition coefficient (Wildman–Crippen LogP) is -1.20. The van der Waals surface area contributed by atoms with Gasteiger partial charge in [-0.3, -0.25) is 9.59 Å². The summed E-state index contributed by atoms with van der Waals surface area (Å²) in [7, 11) is 0. The Balaban J connectivity index is 2.60. The Labute approximate surface area is 150 Å². The van der Waals surface area contributed by atoms with Gasteiger partial charge < -0.3 is 15.4 Å². The van der Waals surface area contributed by atoms with Crippen molar-refractivity contribution in [1.82, 2.24) is 26.1 Å². The Hall–Kier alpha value is -1.56. The average molecular weight is 375 g/mol. The summed E-state index contributed by atoms with van der Waals surface area (Å²) >= 11 is 7.95. The van der Waals surface area contributed by atoms with Crippen molar-refractivity contribution in [1.29, 1.82) is 0 Å². The highest BCUT2D eigenvalue weighted by atomic mass is 32.1. The first-order valence-corrected chi connectivity index (χ1v) is 8.39. The topological polar surface area (TPSA) is 136 Å². The third-order valence-corrected chi connectivity index (χ3v) is 3.93. The van der Waals surface area contributed by atoms with E-state index in [1.165, 1.54) is 13.3 Å². The lowest BCUT2D eigenvalue weighted by atomic mass is 10.1. The molecule has 11 heteroatoms. The van der Waals surface area contributed by atoms with Gasteiger partial charge in [-0.15, -0.1) is 0 Å². The molecule has 3 atom stereocenters. The molecule has 5 N–H and O–H groups in total. The van der Waals surface area contributed by atoms with Gasteiger partial charge in [-0.25, -0.2) is 20.6 Å². The van der Waals surface area contributed by atoms with Gasteiger partial charge in [0.15, 0.2) is 0 Å². The fourth-order valence-corrected chi connectivity index (χ4v) is 2.27. The van der Waals surface area contributed by atoms with Crippen LogP contribution in [0, 0.1) is 0 Å². The van der Waals surface area contributed by atoms with E-state index in [0.717, 1.165) is 5.69 Å². The monoisotopic (exact) mass is 375 g/mol. The van der Waals surface area contributed by atoms with Gasteiger partial charge in [-0.2, -0.15) is 25.3 Å². The number of ketones is 1. The standard InChI is InChI=1S/C13H21N5O4S2/c1-7(19)9(2-8-3-14-6-15-8)17-18-10(4-23)12(20)16-11(5-24)13(21)22/h3,6,9-11,17-18,23-24H,2,4-5H2,1H3,(H,14,15)(H,16,20)(H,21,22)/t9-,10?,11?/m0/s1. The predicted molar refractivity (Wildman–Crippen MR) is 94.1 cm³/mol. The molecule has 2 unspecified atom stereocenters. The van der Waals surface area contributed by atoms with Crippen LogP contribution in [0.4, 0.5) is 0 Å². The largest absolute Gasteiger partial charge is 0.480 e. The van der Waals surface area contributed by atoms with E-state index in [1.807, 2.05) is 0 Å². The molecule has 9 nitrogen and oxygen atoms in total. The summed E-state index contributed by atoms with van der Waals surface area (Å²) < 4.78 is 0. The summed E-state index contributed by atoms with van der Waals surface area (Å²) in [6, 6.07) is -2.50. The van der Waals surface area contributed by atoms with E-state index in [4.69, 9.17) is 5.11 Å². The minimum Gasteiger partial charge on any atom is -0.480 e. The molecule has 0 aliphatic carbocycles. The number of amides is 1. The highest BCUT2D eigenvalue weighted by molar-refractivity contribution is 7.80. The number of hydrogen-bond acceptors (Lipinski definition) is 8. The van der Waals surface area contributed by atoms with Gasteiger partial charge in [0.1, 0.15) is 17.9 Å². The number of imidazole rings is 1. The quantitative estimate of drug-likeness (QED) is 0.191. The number of H-pyrrole nitrogens is 1. The summed E-state index contributed by atoms with van der Waals surface area (Å²) in [6.45, 7) is 1.42. The lowest BCUT2D eigenvalue weighted by Gasteiger charge is -2.22. The van der Waals surface area contributed by atoms with Gasteiger partial charge >= 0.3 is 5.97 Å². The number of thiol groups is 2. The molecule has 0 saturated heterocycles. The van der Waals surface area contributed by atoms with Crippen molar-refractivity contribution in [3.8, 4) is 0 Å². The van der Waals surface area contributed by atoms with Crippen LogP contribution in [-0.2, 0) is 20.8 Å². The van der Waals surface area contributed by atoms with Crippen LogP contribution < -0.4 is 16.2 Å². The number of carboxylic acids is 1. The SMILES string of the molecule is CC(=O)[C@H](Cc1cnc[nH]1)NNC(CS)C(=O)NC(CS)C(=O)O. The molecular weight excluding hydrogens is 354 g/mol. The van der Waals surface area contributed by atoms with Crippen LogP contribution in [0.3, 0.4) is 0 Å². The average Bonchev–Trinajstić information content (AvgIpc) is 3.04. The van der Waals surface area contributed by atoms with Gasteiger partial charge in [0.25, 0.3) is 0 Å². The summed E-state index contributed by atoms with van der Waals surface area (Å²) in [5.74, 6) is -1.79. The Kier molecular flexibility index (Phi) is 8.82. The number of carboxylic acid groups (broad SMARTS) is 1. The zero-order chi connectivity index (χ0) is 18.1. The van der Waals surface area contributed by atoms with Crippen LogP contribution in [0.25, 0.3) is 0 Å². The maximum Gasteiger partial charge on any atom is 0.327 e. The summed E-state index contributed by atoms with van der Waals surface area (Å²) in [5, 5.41) is 11.3. The molecule has 1 aromatic rings. The minimum atomic E-state index is -1.18. The molecule has 0 aliphatic rings. The molecular formula is C13H21N5O4S2. The van der Waals surface area contributed by atoms with Crippen molar-refractivity contribution in [3.63, 3.8) is 0 Å². The van der Waals surface area contributed by atoms with Crippen LogP contribution in [0.2, 0.25) is 0 Å². The Morgan fingerprint density at radius 3 is 2.29 bits per heavy atom. The van der Waals surface area contributed by atoms with E-state index < -0.39 is 30.0 Å². The van der Waals surface area contributed by atoms with E-state index >= 15 is 0 Å². The Morgan fingerprint density at radius 1 is 1.21 bits per heavy atom. The second kappa shape index (κ2) is 10.3. The zero-order valence-electron chi connectivity index (χ0n) is 13.0. The molecule has 0 saturated carbocycles. The number of aliphatic carboxylic acids is 1. The smallest absolute Gasteiger partial charge is 0.327 e. The maximum atomic E-state index is 12.1. The molecule has 24 heavy (non-hydrogen) atoms. The zero-order valence-corrected chi connectivity index (χ0v) is 14.8. The number of Topliss-reactive ketones (excluding diaryl/α,β-unsaturated/α-hetero) is 1. The Morgan fingerprint density at radius 2 is 1.83 bits per heavy atom. The molecule has 0 radical (unpaired) electrons. The van der Waals surface area contributed by atoms with Crippen molar-refractivity contribution < 1.29 is 19.5 Å². The van der Waals surface area contributed by atoms with Crippen LogP contribution in [0.15, 0.2) is 12.5 Å². The number of nitrogens with one attached hydrogen (secondary N) is 4. The van der Waals surface area contributed by atoms with Gasteiger partial charge in [0.2, 0.25) is 5.91 Å². The first kappa shape index (κ1) is 20.5. The highest BCUT2D eigenvalue weighted by Crippen LogP contribution is 2.00. The van der Waals surface area contributed by atoms with E-state index in [0.29, 0.717) is 6.42 Å². The van der Waals surface area contributed by atoms with Gasteiger partial charge in [-0.1, -0.05) is 0 Å². The van der Waals surface area contributed by atoms with Crippen molar-refractivity contribution >= 4 is 42.9 Å². The van der Waals surface area contributed by atoms with Gasteiger partial charge in [-0.05, 0) is 6.92 Å². The summed E-state index contributed by atoms with van der Waals surface area (Å²) in [4.78, 5) is 41.5. The van der Waals surface area contributed by atoms with Crippen molar-refractivity contribution in [3.05, 3.63) is 18.2 Å². The van der Waals surface area contributed by atoms with Gasteiger partial charge in [0.05, 0.1) is 12.4 Å². The van der Waals surface area contributed by atoms with E-state index in [-0.39, 0.29) is 17.3 Å². The summed E-state index contributed by atoms with van der Waals surface area (Å²) in [6.07, 6.45) is 3.47. The lowest BCUT2D eigenvalue weighted by molar-refractivity contribution is -0.141. The summed E-state index contributed by atoms with van der Waals surface area (Å²) in [5.41, 5.74) is 6.27.